The van der Waals surface area contributed by atoms with Gasteiger partial charge in [-0.15, -0.1) is 0 Å². The van der Waals surface area contributed by atoms with E-state index in [-0.39, 0.29) is 97.0 Å². The van der Waals surface area contributed by atoms with Gasteiger partial charge in [-0.05, 0) is 80.2 Å². The molecule has 0 radical (unpaired) electrons. The number of anilines is 1. The molecule has 1 unspecified atom stereocenters. The third-order valence-corrected chi connectivity index (χ3v) is 16.5. The topological polar surface area (TPSA) is 252 Å². The van der Waals surface area contributed by atoms with Gasteiger partial charge in [-0.3, -0.25) is 23.7 Å². The van der Waals surface area contributed by atoms with E-state index < -0.39 is 81.3 Å². The van der Waals surface area contributed by atoms with Gasteiger partial charge < -0.3 is 45.9 Å². The Labute approximate surface area is 544 Å². The molecule has 0 spiro atoms. The van der Waals surface area contributed by atoms with Crippen molar-refractivity contribution in [2.45, 2.75) is 133 Å². The van der Waals surface area contributed by atoms with Gasteiger partial charge in [-0.25, -0.2) is 29.9 Å². The van der Waals surface area contributed by atoms with Crippen molar-refractivity contribution in [3.8, 4) is 0 Å². The lowest BCUT2D eigenvalue weighted by Crippen LogP contribution is -2.55. The SMILES string of the molecule is NP(=O)(NN(CCOC(=O)N(CCCCCCNC(=O)C(F)(F)F)CCCCCCNC(=O)C(F)(F)F)CCOC(=O)N(CCCCCCNC(=O)C(F)(F)F)CCCCCCNC(=O)C(F)(F)F)N(c1ccc(C(c2ccccc2)c2ccccc2)cc1)N1CCNCC1. The Kier molecular flexibility index (Phi) is 34.9. The van der Waals surface area contributed by atoms with Crippen molar-refractivity contribution in [3.63, 3.8) is 0 Å². The van der Waals surface area contributed by atoms with E-state index in [1.807, 2.05) is 77.8 Å². The average molecular weight is 1390 g/mol. The van der Waals surface area contributed by atoms with Crippen LogP contribution in [0, 0.1) is 0 Å². The second kappa shape index (κ2) is 41.2. The number of piperazine rings is 1. The van der Waals surface area contributed by atoms with Gasteiger partial charge in [0.15, 0.2) is 0 Å². The first-order valence-corrected chi connectivity index (χ1v) is 33.3. The van der Waals surface area contributed by atoms with E-state index >= 15 is 4.57 Å². The molecule has 6 amide bonds. The summed E-state index contributed by atoms with van der Waals surface area (Å²) in [7, 11) is -4.34. The van der Waals surface area contributed by atoms with Gasteiger partial charge in [-0.2, -0.15) is 57.9 Å². The number of nitrogens with zero attached hydrogens (tertiary/aromatic N) is 5. The fraction of sp³-hybridized carbons (Fsp3) is 0.607. The summed E-state index contributed by atoms with van der Waals surface area (Å²) in [5.41, 5.74) is 10.3. The molecule has 0 bridgehead atoms. The Morgan fingerprint density at radius 2 is 0.758 bits per heavy atom. The van der Waals surface area contributed by atoms with Crippen molar-refractivity contribution in [3.05, 3.63) is 102 Å². The van der Waals surface area contributed by atoms with Crippen LogP contribution in [0.1, 0.15) is 125 Å². The number of carbonyl (C=O) groups is 6. The number of carbonyl (C=O) groups excluding carboxylic acids is 6. The molecular formula is C61H87F12N12O9P. The number of hydrogen-bond donors (Lipinski definition) is 7. The smallest absolute Gasteiger partial charge is 0.448 e. The first-order valence-electron chi connectivity index (χ1n) is 31.6. The van der Waals surface area contributed by atoms with Crippen molar-refractivity contribution in [1.29, 1.82) is 0 Å². The van der Waals surface area contributed by atoms with Crippen LogP contribution in [0.2, 0.25) is 0 Å². The molecule has 3 aromatic carbocycles. The summed E-state index contributed by atoms with van der Waals surface area (Å²) >= 11 is 0. The highest BCUT2D eigenvalue weighted by Gasteiger charge is 2.41. The van der Waals surface area contributed by atoms with Gasteiger partial charge >= 0.3 is 68.1 Å². The van der Waals surface area contributed by atoms with Gasteiger partial charge in [0.25, 0.3) is 0 Å². The minimum absolute atomic E-state index is 0.0953. The summed E-state index contributed by atoms with van der Waals surface area (Å²) < 4.78 is 181. The summed E-state index contributed by atoms with van der Waals surface area (Å²) in [6.45, 7) is -0.200. The average Bonchev–Trinajstić information content (AvgIpc) is 0.790. The molecule has 1 atom stereocenters. The fourth-order valence-corrected chi connectivity index (χ4v) is 11.8. The van der Waals surface area contributed by atoms with Crippen LogP contribution in [0.4, 0.5) is 68.0 Å². The number of ether oxygens (including phenoxy) is 2. The summed E-state index contributed by atoms with van der Waals surface area (Å²) in [5, 5.41) is 16.6. The largest absolute Gasteiger partial charge is 0.471 e. The van der Waals surface area contributed by atoms with E-state index in [2.05, 4.69) is 10.5 Å². The Morgan fingerprint density at radius 3 is 1.07 bits per heavy atom. The molecule has 0 saturated carbocycles. The number of unbranched alkanes of at least 4 members (excludes halogenated alkanes) is 12. The van der Waals surface area contributed by atoms with Crippen molar-refractivity contribution in [2.24, 2.45) is 5.50 Å². The van der Waals surface area contributed by atoms with Crippen molar-refractivity contribution >= 4 is 49.1 Å². The zero-order valence-corrected chi connectivity index (χ0v) is 53.7. The fourth-order valence-electron chi connectivity index (χ4n) is 10.1. The highest BCUT2D eigenvalue weighted by Crippen LogP contribution is 2.44. The lowest BCUT2D eigenvalue weighted by Gasteiger charge is -2.43. The number of halogens is 12. The number of nitrogens with two attached hydrogens (primary N) is 1. The molecule has 95 heavy (non-hydrogen) atoms. The molecule has 0 aromatic heterocycles. The van der Waals surface area contributed by atoms with Crippen LogP contribution < -0.4 is 42.1 Å². The van der Waals surface area contributed by atoms with Gasteiger partial charge in [0.1, 0.15) is 13.2 Å². The van der Waals surface area contributed by atoms with E-state index in [4.69, 9.17) is 15.0 Å². The van der Waals surface area contributed by atoms with Crippen LogP contribution in [0.3, 0.4) is 0 Å². The lowest BCUT2D eigenvalue weighted by atomic mass is 9.85. The van der Waals surface area contributed by atoms with Crippen LogP contribution >= 0.6 is 7.59 Å². The van der Waals surface area contributed by atoms with E-state index in [0.717, 1.165) is 16.7 Å². The molecule has 21 nitrogen and oxygen atoms in total. The molecule has 1 heterocycles. The molecule has 8 N–H and O–H groups in total. The van der Waals surface area contributed by atoms with Gasteiger partial charge in [0, 0.05) is 97.5 Å². The van der Waals surface area contributed by atoms with E-state index in [0.29, 0.717) is 109 Å². The number of hydrazine groups is 2. The number of nitrogens with one attached hydrogen (secondary N) is 6. The molecule has 1 aliphatic rings. The Bertz CT molecular complexity index is 2590. The number of amides is 6. The Hall–Kier alpha value is -6.93. The van der Waals surface area contributed by atoms with Gasteiger partial charge in [0.05, 0.1) is 5.69 Å². The Balaban J connectivity index is 1.57. The van der Waals surface area contributed by atoms with Crippen LogP contribution in [0.5, 0.6) is 0 Å². The van der Waals surface area contributed by atoms with Crippen molar-refractivity contribution < 1.29 is 95.5 Å². The standard InChI is InChI=1S/C61H87F12N12O9P/c62-58(63,64)52(86)76-31-15-1-5-19-37-81(38-20-6-2-16-32-77-53(87)59(65,66)67)56(90)93-45-43-83(44-46-94-57(91)82(39-21-7-3-17-33-78-54(88)60(68,69)70)40-22-8-4-18-34-79-55(89)61(71,72)73)80-95(74,92)85(84-41-35-75-36-42-84)50-29-27-49(28-30-50)51(47-23-11-9-12-24-47)48-25-13-10-14-26-48/h9-14,23-30,51,75H,1-8,15-22,31-46H2,(H,76,86)(H,77,87)(H,78,88)(H,79,89)(H3,74,80,92). The maximum atomic E-state index is 15.4. The molecule has 0 aliphatic carbocycles. The lowest BCUT2D eigenvalue weighted by molar-refractivity contribution is -0.173. The molecule has 1 saturated heterocycles. The summed E-state index contributed by atoms with van der Waals surface area (Å²) in [6.07, 6.45) is -16.5. The Morgan fingerprint density at radius 1 is 0.453 bits per heavy atom. The maximum Gasteiger partial charge on any atom is 0.471 e. The second-order valence-electron chi connectivity index (χ2n) is 22.4. The van der Waals surface area contributed by atoms with Gasteiger partial charge in [0.2, 0.25) is 0 Å². The molecule has 1 fully saturated rings. The van der Waals surface area contributed by atoms with E-state index in [9.17, 15) is 81.5 Å². The predicted molar refractivity (Wildman–Crippen MR) is 330 cm³/mol. The molecule has 3 aromatic rings. The number of hydrogen-bond acceptors (Lipinski definition) is 12. The minimum Gasteiger partial charge on any atom is -0.448 e. The number of alkyl halides is 12. The van der Waals surface area contributed by atoms with Crippen molar-refractivity contribution in [2.75, 3.05) is 110 Å². The van der Waals surface area contributed by atoms with Crippen LogP contribution in [0.15, 0.2) is 84.9 Å². The van der Waals surface area contributed by atoms with E-state index in [1.165, 1.54) is 19.6 Å². The van der Waals surface area contributed by atoms with Crippen LogP contribution in [0.25, 0.3) is 0 Å². The van der Waals surface area contributed by atoms with Crippen molar-refractivity contribution in [1.82, 2.24) is 51.6 Å². The molecule has 534 valence electrons. The summed E-state index contributed by atoms with van der Waals surface area (Å²) in [5.74, 6) is -8.50. The monoisotopic (exact) mass is 1390 g/mol. The highest BCUT2D eigenvalue weighted by molar-refractivity contribution is 7.60. The van der Waals surface area contributed by atoms with Crippen LogP contribution in [-0.4, -0.2) is 185 Å². The second-order valence-corrected chi connectivity index (χ2v) is 24.2. The third kappa shape index (κ3) is 31.2. The zero-order valence-electron chi connectivity index (χ0n) is 52.8. The minimum atomic E-state index is -5.05. The van der Waals surface area contributed by atoms with Gasteiger partial charge in [-0.1, -0.05) is 124 Å². The third-order valence-electron chi connectivity index (χ3n) is 14.9. The summed E-state index contributed by atoms with van der Waals surface area (Å²) in [6, 6.07) is 27.1. The van der Waals surface area contributed by atoms with Crippen LogP contribution in [-0.2, 0) is 33.2 Å². The zero-order chi connectivity index (χ0) is 69.9. The molecule has 4 rings (SSSR count). The number of rotatable bonds is 42. The van der Waals surface area contributed by atoms with E-state index in [1.54, 1.807) is 33.4 Å². The maximum absolute atomic E-state index is 15.4. The predicted octanol–water partition coefficient (Wildman–Crippen LogP) is 10.2. The first kappa shape index (κ1) is 80.5. The summed E-state index contributed by atoms with van der Waals surface area (Å²) in [4.78, 5) is 75.6. The highest BCUT2D eigenvalue weighted by atomic mass is 31.2. The number of benzene rings is 3. The first-order chi connectivity index (χ1) is 45.0. The molecule has 1 aliphatic heterocycles. The molecule has 34 heteroatoms. The molecular weight excluding hydrogens is 1300 g/mol. The quantitative estimate of drug-likeness (QED) is 0.00916. The normalized spacial score (nSPS) is 13.8.